The first-order chi connectivity index (χ1) is 11.6. The second-order valence-electron chi connectivity index (χ2n) is 5.92. The molecule has 2 N–H and O–H groups in total. The first kappa shape index (κ1) is 16.6. The van der Waals surface area contributed by atoms with Crippen molar-refractivity contribution in [1.29, 1.82) is 0 Å². The van der Waals surface area contributed by atoms with Gasteiger partial charge in [-0.25, -0.2) is 9.18 Å². The largest absolute Gasteiger partial charge is 0.371 e. The van der Waals surface area contributed by atoms with Crippen molar-refractivity contribution in [1.82, 2.24) is 5.32 Å². The van der Waals surface area contributed by atoms with E-state index in [1.807, 2.05) is 0 Å². The Morgan fingerprint density at radius 3 is 2.79 bits per heavy atom. The van der Waals surface area contributed by atoms with E-state index >= 15 is 0 Å². The summed E-state index contributed by atoms with van der Waals surface area (Å²) >= 11 is 5.89. The zero-order valence-corrected chi connectivity index (χ0v) is 13.9. The Hall–Kier alpha value is -2.27. The Labute approximate surface area is 145 Å². The maximum atomic E-state index is 13.0. The molecule has 1 atom stereocenters. The third-order valence-electron chi connectivity index (χ3n) is 4.11. The lowest BCUT2D eigenvalue weighted by molar-refractivity contribution is 0.250. The summed E-state index contributed by atoms with van der Waals surface area (Å²) in [6.45, 7) is 2.36. The van der Waals surface area contributed by atoms with Gasteiger partial charge in [0.05, 0.1) is 0 Å². The molecule has 1 heterocycles. The van der Waals surface area contributed by atoms with Crippen molar-refractivity contribution in [2.24, 2.45) is 5.92 Å². The van der Waals surface area contributed by atoms with Gasteiger partial charge in [-0.2, -0.15) is 0 Å². The van der Waals surface area contributed by atoms with Crippen LogP contribution < -0.4 is 15.5 Å². The number of carbonyl (C=O) groups is 1. The molecule has 0 spiro atoms. The van der Waals surface area contributed by atoms with E-state index in [1.54, 1.807) is 36.4 Å². The van der Waals surface area contributed by atoms with E-state index in [0.717, 1.165) is 25.2 Å². The summed E-state index contributed by atoms with van der Waals surface area (Å²) in [4.78, 5) is 14.2. The Morgan fingerprint density at radius 2 is 2.04 bits per heavy atom. The normalized spacial score (nSPS) is 16.9. The minimum atomic E-state index is -0.238. The fraction of sp³-hybridized carbons (Fsp3) is 0.278. The average molecular weight is 348 g/mol. The Morgan fingerprint density at radius 1 is 1.25 bits per heavy atom. The van der Waals surface area contributed by atoms with Crippen molar-refractivity contribution in [3.63, 3.8) is 0 Å². The molecule has 3 rings (SSSR count). The van der Waals surface area contributed by atoms with Crippen LogP contribution in [-0.4, -0.2) is 25.7 Å². The van der Waals surface area contributed by atoms with Crippen LogP contribution in [0.1, 0.15) is 6.42 Å². The first-order valence-corrected chi connectivity index (χ1v) is 8.29. The fourth-order valence-electron chi connectivity index (χ4n) is 2.86. The number of hydrogen-bond donors (Lipinski definition) is 2. The van der Waals surface area contributed by atoms with Crippen molar-refractivity contribution >= 4 is 29.0 Å². The van der Waals surface area contributed by atoms with Crippen LogP contribution in [-0.2, 0) is 0 Å². The van der Waals surface area contributed by atoms with Crippen molar-refractivity contribution in [2.75, 3.05) is 29.9 Å². The van der Waals surface area contributed by atoms with Crippen LogP contribution in [0.5, 0.6) is 0 Å². The van der Waals surface area contributed by atoms with Gasteiger partial charge < -0.3 is 15.5 Å². The van der Waals surface area contributed by atoms with Gasteiger partial charge in [-0.1, -0.05) is 17.7 Å². The number of hydrogen-bond acceptors (Lipinski definition) is 2. The molecule has 1 saturated heterocycles. The predicted molar refractivity (Wildman–Crippen MR) is 95.2 cm³/mol. The lowest BCUT2D eigenvalue weighted by Gasteiger charge is -2.19. The summed E-state index contributed by atoms with van der Waals surface area (Å²) in [6.07, 6.45) is 0.995. The van der Waals surface area contributed by atoms with Gasteiger partial charge in [0.1, 0.15) is 5.82 Å². The predicted octanol–water partition coefficient (Wildman–Crippen LogP) is 4.13. The van der Waals surface area contributed by atoms with Gasteiger partial charge in [-0.3, -0.25) is 0 Å². The van der Waals surface area contributed by atoms with Crippen molar-refractivity contribution in [2.45, 2.75) is 6.42 Å². The van der Waals surface area contributed by atoms with Crippen LogP contribution >= 0.6 is 11.6 Å². The van der Waals surface area contributed by atoms with Crippen LogP contribution in [0.4, 0.5) is 20.6 Å². The number of benzene rings is 2. The zero-order valence-electron chi connectivity index (χ0n) is 13.1. The third kappa shape index (κ3) is 4.38. The summed E-state index contributed by atoms with van der Waals surface area (Å²) in [7, 11) is 0. The molecule has 1 fully saturated rings. The van der Waals surface area contributed by atoms with E-state index in [-0.39, 0.29) is 11.8 Å². The lowest BCUT2D eigenvalue weighted by atomic mass is 10.1. The Kier molecular flexibility index (Phi) is 5.20. The molecule has 1 aliphatic heterocycles. The van der Waals surface area contributed by atoms with Crippen LogP contribution in [0, 0.1) is 11.7 Å². The Bertz CT molecular complexity index is 708. The molecule has 0 aromatic heterocycles. The molecule has 1 aliphatic rings. The molecule has 0 saturated carbocycles. The van der Waals surface area contributed by atoms with Crippen molar-refractivity contribution in [3.05, 3.63) is 59.4 Å². The van der Waals surface area contributed by atoms with E-state index in [0.29, 0.717) is 23.2 Å². The van der Waals surface area contributed by atoms with Gasteiger partial charge in [-0.05, 0) is 54.8 Å². The molecule has 2 aromatic rings. The standard InChI is InChI=1S/C18H19ClFN3O/c19-14-2-1-3-16(10-14)22-18(24)21-11-13-8-9-23(12-13)17-6-4-15(20)5-7-17/h1-7,10,13H,8-9,11-12H2,(H2,21,22,24). The van der Waals surface area contributed by atoms with Gasteiger partial charge in [0.2, 0.25) is 0 Å². The molecule has 6 heteroatoms. The van der Waals surface area contributed by atoms with Crippen molar-refractivity contribution < 1.29 is 9.18 Å². The monoisotopic (exact) mass is 347 g/mol. The highest BCUT2D eigenvalue weighted by Gasteiger charge is 2.23. The molecule has 24 heavy (non-hydrogen) atoms. The molecule has 0 bridgehead atoms. The van der Waals surface area contributed by atoms with E-state index in [9.17, 15) is 9.18 Å². The Balaban J connectivity index is 1.45. The molecular weight excluding hydrogens is 329 g/mol. The number of anilines is 2. The number of nitrogens with one attached hydrogen (secondary N) is 2. The summed E-state index contributed by atoms with van der Waals surface area (Å²) in [6, 6.07) is 13.3. The quantitative estimate of drug-likeness (QED) is 0.873. The maximum Gasteiger partial charge on any atom is 0.319 e. The van der Waals surface area contributed by atoms with Gasteiger partial charge >= 0.3 is 6.03 Å². The number of halogens is 2. The van der Waals surface area contributed by atoms with Crippen LogP contribution in [0.15, 0.2) is 48.5 Å². The lowest BCUT2D eigenvalue weighted by Crippen LogP contribution is -2.34. The van der Waals surface area contributed by atoms with Gasteiger partial charge in [0.15, 0.2) is 0 Å². The average Bonchev–Trinajstić information content (AvgIpc) is 3.03. The van der Waals surface area contributed by atoms with Gasteiger partial charge in [0, 0.05) is 36.0 Å². The van der Waals surface area contributed by atoms with Crippen molar-refractivity contribution in [3.8, 4) is 0 Å². The van der Waals surface area contributed by atoms with Crippen LogP contribution in [0.3, 0.4) is 0 Å². The molecule has 2 amide bonds. The maximum absolute atomic E-state index is 13.0. The molecule has 2 aromatic carbocycles. The highest BCUT2D eigenvalue weighted by atomic mass is 35.5. The third-order valence-corrected chi connectivity index (χ3v) is 4.35. The van der Waals surface area contributed by atoms with Gasteiger partial charge in [-0.15, -0.1) is 0 Å². The number of amides is 2. The summed E-state index contributed by atoms with van der Waals surface area (Å²) in [5, 5.41) is 6.24. The highest BCUT2D eigenvalue weighted by molar-refractivity contribution is 6.30. The second-order valence-corrected chi connectivity index (χ2v) is 6.36. The molecule has 4 nitrogen and oxygen atoms in total. The minimum absolute atomic E-state index is 0.228. The van der Waals surface area contributed by atoms with E-state index < -0.39 is 0 Å². The van der Waals surface area contributed by atoms with Crippen LogP contribution in [0.25, 0.3) is 0 Å². The molecule has 1 unspecified atom stereocenters. The highest BCUT2D eigenvalue weighted by Crippen LogP contribution is 2.23. The molecule has 0 aliphatic carbocycles. The smallest absolute Gasteiger partial charge is 0.319 e. The number of urea groups is 1. The molecule has 126 valence electrons. The minimum Gasteiger partial charge on any atom is -0.371 e. The number of carbonyl (C=O) groups excluding carboxylic acids is 1. The fourth-order valence-corrected chi connectivity index (χ4v) is 3.05. The van der Waals surface area contributed by atoms with Crippen LogP contribution in [0.2, 0.25) is 5.02 Å². The van der Waals surface area contributed by atoms with E-state index in [2.05, 4.69) is 15.5 Å². The summed E-state index contributed by atoms with van der Waals surface area (Å²) < 4.78 is 13.0. The number of nitrogens with zero attached hydrogens (tertiary/aromatic N) is 1. The first-order valence-electron chi connectivity index (χ1n) is 7.91. The summed E-state index contributed by atoms with van der Waals surface area (Å²) in [5.74, 6) is 0.147. The molecule has 0 radical (unpaired) electrons. The zero-order chi connectivity index (χ0) is 16.9. The van der Waals surface area contributed by atoms with E-state index in [1.165, 1.54) is 12.1 Å². The second kappa shape index (κ2) is 7.53. The van der Waals surface area contributed by atoms with Gasteiger partial charge in [0.25, 0.3) is 0 Å². The van der Waals surface area contributed by atoms with E-state index in [4.69, 9.17) is 11.6 Å². The SMILES string of the molecule is O=C(NCC1CCN(c2ccc(F)cc2)C1)Nc1cccc(Cl)c1. The number of rotatable bonds is 4. The molecular formula is C18H19ClFN3O. The topological polar surface area (TPSA) is 44.4 Å². The summed E-state index contributed by atoms with van der Waals surface area (Å²) in [5.41, 5.74) is 1.68.